The van der Waals surface area contributed by atoms with Crippen LogP contribution in [0.15, 0.2) is 9.95 Å². The number of fused-ring (bicyclic) bond motifs is 4. The zero-order valence-electron chi connectivity index (χ0n) is 13.6. The molecule has 0 fully saturated rings. The fraction of sp³-hybridized carbons (Fsp3) is 0.529. The molecule has 3 heterocycles. The molecule has 1 aliphatic carbocycles. The van der Waals surface area contributed by atoms with Crippen molar-refractivity contribution in [1.82, 2.24) is 9.55 Å². The summed E-state index contributed by atoms with van der Waals surface area (Å²) >= 11 is 1.51. The van der Waals surface area contributed by atoms with Crippen LogP contribution in [0.3, 0.4) is 0 Å². The van der Waals surface area contributed by atoms with Gasteiger partial charge in [-0.3, -0.25) is 9.36 Å². The van der Waals surface area contributed by atoms with E-state index in [1.54, 1.807) is 0 Å². The van der Waals surface area contributed by atoms with Gasteiger partial charge in [-0.1, -0.05) is 11.6 Å². The summed E-state index contributed by atoms with van der Waals surface area (Å²) in [6.07, 6.45) is 6.64. The largest absolute Gasteiger partial charge is 0.331 e. The number of rotatable bonds is 1. The van der Waals surface area contributed by atoms with Gasteiger partial charge in [0.15, 0.2) is 0 Å². The predicted octanol–water partition coefficient (Wildman–Crippen LogP) is 2.79. The van der Waals surface area contributed by atoms with E-state index in [1.165, 1.54) is 18.3 Å². The fourth-order valence-corrected chi connectivity index (χ4v) is 4.80. The Hall–Kier alpha value is -2.02. The van der Waals surface area contributed by atoms with Crippen LogP contribution in [-0.2, 0) is 29.0 Å². The lowest BCUT2D eigenvalue weighted by Crippen LogP contribution is -2.25. The minimum atomic E-state index is -0.430. The summed E-state index contributed by atoms with van der Waals surface area (Å²) in [5.41, 5.74) is 1.88. The molecule has 0 saturated heterocycles. The average molecular weight is 345 g/mol. The zero-order chi connectivity index (χ0) is 16.7. The number of oxime groups is 1. The highest BCUT2D eigenvalue weighted by Gasteiger charge is 2.26. The van der Waals surface area contributed by atoms with Crippen LogP contribution in [-0.4, -0.2) is 21.2 Å². The summed E-state index contributed by atoms with van der Waals surface area (Å²) in [5, 5.41) is 4.75. The highest BCUT2D eigenvalue weighted by molar-refractivity contribution is 7.20. The minimum Gasteiger partial charge on any atom is -0.318 e. The second-order valence-electron chi connectivity index (χ2n) is 6.36. The van der Waals surface area contributed by atoms with Crippen molar-refractivity contribution in [2.45, 2.75) is 58.4 Å². The molecule has 0 radical (unpaired) electrons. The number of carbonyl (C=O) groups excluding carboxylic acids is 1. The van der Waals surface area contributed by atoms with E-state index in [-0.39, 0.29) is 5.56 Å². The van der Waals surface area contributed by atoms with E-state index in [9.17, 15) is 9.59 Å². The molecule has 0 atom stereocenters. The van der Waals surface area contributed by atoms with Crippen LogP contribution in [0.5, 0.6) is 0 Å². The normalized spacial score (nSPS) is 19.0. The second-order valence-corrected chi connectivity index (χ2v) is 7.36. The lowest BCUT2D eigenvalue weighted by atomic mass is 9.95. The van der Waals surface area contributed by atoms with Crippen molar-refractivity contribution in [1.29, 1.82) is 0 Å². The van der Waals surface area contributed by atoms with Crippen molar-refractivity contribution in [2.24, 2.45) is 5.16 Å². The first-order chi connectivity index (χ1) is 11.6. The third-order valence-corrected chi connectivity index (χ3v) is 5.83. The first-order valence-electron chi connectivity index (χ1n) is 8.45. The third-order valence-electron chi connectivity index (χ3n) is 4.66. The SMILES string of the molecule is CC(=O)O/N=C1/CCCc2c1sc1nc3n(c(=O)c21)CCCCC3. The van der Waals surface area contributed by atoms with Gasteiger partial charge in [0.25, 0.3) is 5.56 Å². The highest BCUT2D eigenvalue weighted by atomic mass is 32.1. The minimum absolute atomic E-state index is 0.0862. The quantitative estimate of drug-likeness (QED) is 0.588. The fourth-order valence-electron chi connectivity index (χ4n) is 3.56. The molecule has 4 rings (SSSR count). The van der Waals surface area contributed by atoms with Crippen molar-refractivity contribution in [3.05, 3.63) is 26.6 Å². The lowest BCUT2D eigenvalue weighted by molar-refractivity contribution is -0.140. The van der Waals surface area contributed by atoms with Crippen molar-refractivity contribution in [3.63, 3.8) is 0 Å². The molecule has 7 heteroatoms. The molecule has 0 saturated carbocycles. The van der Waals surface area contributed by atoms with Gasteiger partial charge in [0.1, 0.15) is 10.7 Å². The van der Waals surface area contributed by atoms with Crippen LogP contribution >= 0.6 is 11.3 Å². The summed E-state index contributed by atoms with van der Waals surface area (Å²) in [6.45, 7) is 2.10. The Morgan fingerprint density at radius 3 is 2.92 bits per heavy atom. The number of nitrogens with zero attached hydrogens (tertiary/aromatic N) is 3. The number of carbonyl (C=O) groups is 1. The smallest absolute Gasteiger partial charge is 0.318 e. The summed E-state index contributed by atoms with van der Waals surface area (Å²) in [7, 11) is 0. The number of aryl methyl sites for hydroxylation is 2. The Morgan fingerprint density at radius 2 is 2.08 bits per heavy atom. The lowest BCUT2D eigenvalue weighted by Gasteiger charge is -2.13. The topological polar surface area (TPSA) is 73.5 Å². The Labute approximate surface area is 143 Å². The Morgan fingerprint density at radius 1 is 1.21 bits per heavy atom. The van der Waals surface area contributed by atoms with Crippen LogP contribution in [0.25, 0.3) is 10.2 Å². The van der Waals surface area contributed by atoms with E-state index in [1.807, 2.05) is 4.57 Å². The molecule has 0 spiro atoms. The van der Waals surface area contributed by atoms with Gasteiger partial charge in [0.2, 0.25) is 0 Å². The zero-order valence-corrected chi connectivity index (χ0v) is 14.4. The van der Waals surface area contributed by atoms with E-state index >= 15 is 0 Å². The number of hydrogen-bond donors (Lipinski definition) is 0. The van der Waals surface area contributed by atoms with Gasteiger partial charge in [-0.05, 0) is 37.7 Å². The maximum absolute atomic E-state index is 13.0. The van der Waals surface area contributed by atoms with E-state index in [4.69, 9.17) is 9.82 Å². The van der Waals surface area contributed by atoms with Crippen molar-refractivity contribution < 1.29 is 9.63 Å². The predicted molar refractivity (Wildman–Crippen MR) is 92.7 cm³/mol. The maximum atomic E-state index is 13.0. The van der Waals surface area contributed by atoms with Crippen LogP contribution in [0.4, 0.5) is 0 Å². The van der Waals surface area contributed by atoms with Gasteiger partial charge in [0, 0.05) is 19.9 Å². The van der Waals surface area contributed by atoms with Gasteiger partial charge in [-0.25, -0.2) is 9.78 Å². The van der Waals surface area contributed by atoms with Gasteiger partial charge >= 0.3 is 5.97 Å². The number of aromatic nitrogens is 2. The van der Waals surface area contributed by atoms with Crippen molar-refractivity contribution >= 4 is 33.2 Å². The molecule has 0 bridgehead atoms. The molecule has 0 unspecified atom stereocenters. The van der Waals surface area contributed by atoms with E-state index in [2.05, 4.69) is 5.16 Å². The summed E-state index contributed by atoms with van der Waals surface area (Å²) in [4.78, 5) is 35.5. The molecule has 6 nitrogen and oxygen atoms in total. The van der Waals surface area contributed by atoms with E-state index in [0.29, 0.717) is 0 Å². The molecule has 0 aromatic carbocycles. The molecule has 1 aliphatic heterocycles. The van der Waals surface area contributed by atoms with Crippen molar-refractivity contribution in [3.8, 4) is 0 Å². The third kappa shape index (κ3) is 2.56. The summed E-state index contributed by atoms with van der Waals surface area (Å²) < 4.78 is 1.86. The first kappa shape index (κ1) is 15.5. The first-order valence-corrected chi connectivity index (χ1v) is 9.26. The maximum Gasteiger partial charge on any atom is 0.331 e. The Kier molecular flexibility index (Phi) is 3.96. The molecule has 24 heavy (non-hydrogen) atoms. The van der Waals surface area contributed by atoms with Crippen LogP contribution in [0, 0.1) is 0 Å². The molecule has 0 N–H and O–H groups in total. The van der Waals surface area contributed by atoms with Crippen molar-refractivity contribution in [2.75, 3.05) is 0 Å². The Bertz CT molecular complexity index is 910. The van der Waals surface area contributed by atoms with Gasteiger partial charge in [-0.15, -0.1) is 11.3 Å². The van der Waals surface area contributed by atoms with Crippen LogP contribution in [0.2, 0.25) is 0 Å². The monoisotopic (exact) mass is 345 g/mol. The Balaban J connectivity index is 1.90. The van der Waals surface area contributed by atoms with E-state index in [0.717, 1.165) is 83.7 Å². The van der Waals surface area contributed by atoms with Gasteiger partial charge in [-0.2, -0.15) is 0 Å². The molecule has 126 valence electrons. The summed E-state index contributed by atoms with van der Waals surface area (Å²) in [5.74, 6) is 0.475. The molecular formula is C17H19N3O3S. The molecule has 2 aliphatic rings. The highest BCUT2D eigenvalue weighted by Crippen LogP contribution is 2.34. The molecular weight excluding hydrogens is 326 g/mol. The molecule has 2 aromatic rings. The second kappa shape index (κ2) is 6.12. The molecule has 2 aromatic heterocycles. The standard InChI is InChI=1S/C17H19N3O3S/c1-10(21)23-19-12-7-5-6-11-14-16(24-15(11)12)18-13-8-3-2-4-9-20(13)17(14)22/h2-9H2,1H3/b19-12-. The van der Waals surface area contributed by atoms with Gasteiger partial charge < -0.3 is 4.84 Å². The number of hydrogen-bond acceptors (Lipinski definition) is 6. The average Bonchev–Trinajstić information content (AvgIpc) is 2.76. The molecule has 0 amide bonds. The van der Waals surface area contributed by atoms with Gasteiger partial charge in [0.05, 0.1) is 16.0 Å². The van der Waals surface area contributed by atoms with Crippen LogP contribution < -0.4 is 5.56 Å². The summed E-state index contributed by atoms with van der Waals surface area (Å²) in [6, 6.07) is 0. The number of thiophene rings is 1. The van der Waals surface area contributed by atoms with E-state index < -0.39 is 5.97 Å². The van der Waals surface area contributed by atoms with Crippen LogP contribution in [0.1, 0.15) is 55.3 Å².